The van der Waals surface area contributed by atoms with E-state index in [9.17, 15) is 0 Å². The molecule has 1 saturated carbocycles. The van der Waals surface area contributed by atoms with Gasteiger partial charge in [-0.1, -0.05) is 133 Å². The van der Waals surface area contributed by atoms with Gasteiger partial charge < -0.3 is 0 Å². The Hall–Kier alpha value is -5.73. The van der Waals surface area contributed by atoms with Crippen LogP contribution in [0.1, 0.15) is 6.42 Å². The molecule has 0 aliphatic heterocycles. The lowest BCUT2D eigenvalue weighted by Gasteiger charge is -2.18. The van der Waals surface area contributed by atoms with E-state index < -0.39 is 0 Å². The number of aromatic nitrogens is 2. The molecule has 2 heteroatoms. The summed E-state index contributed by atoms with van der Waals surface area (Å²) in [6.45, 7) is 0. The highest BCUT2D eigenvalue weighted by molar-refractivity contribution is 6.21. The molecule has 2 nitrogen and oxygen atoms in total. The highest BCUT2D eigenvalue weighted by Gasteiger charge is 2.35. The third-order valence-corrected chi connectivity index (χ3v) is 10.0. The Labute approximate surface area is 267 Å². The smallest absolute Gasteiger partial charge is 0.145 e. The summed E-state index contributed by atoms with van der Waals surface area (Å²) in [5.74, 6) is 2.37. The maximum atomic E-state index is 5.15. The van der Waals surface area contributed by atoms with Crippen LogP contribution in [0.3, 0.4) is 0 Å². The Bertz CT molecular complexity index is 2510. The molecule has 10 rings (SSSR count). The van der Waals surface area contributed by atoms with Gasteiger partial charge in [0.25, 0.3) is 0 Å². The number of hydrogen-bond donors (Lipinski definition) is 0. The summed E-state index contributed by atoms with van der Waals surface area (Å²) in [5.41, 5.74) is 9.54. The van der Waals surface area contributed by atoms with Gasteiger partial charge in [-0.2, -0.15) is 0 Å². The van der Waals surface area contributed by atoms with Gasteiger partial charge >= 0.3 is 0 Å². The summed E-state index contributed by atoms with van der Waals surface area (Å²) in [4.78, 5) is 5.15. The lowest BCUT2D eigenvalue weighted by atomic mass is 9.85. The zero-order valence-corrected chi connectivity index (χ0v) is 25.3. The van der Waals surface area contributed by atoms with Gasteiger partial charge in [0.15, 0.2) is 0 Å². The van der Waals surface area contributed by atoms with E-state index in [-0.39, 0.29) is 0 Å². The molecule has 0 radical (unpaired) electrons. The van der Waals surface area contributed by atoms with Crippen LogP contribution in [0.4, 0.5) is 0 Å². The first-order chi connectivity index (χ1) is 22.8. The number of hydrogen-bond acceptors (Lipinski definition) is 1. The molecule has 0 amide bonds. The molecule has 0 N–H and O–H groups in total. The van der Waals surface area contributed by atoms with E-state index in [0.717, 1.165) is 28.3 Å². The minimum absolute atomic E-state index is 0.663. The molecule has 2 unspecified atom stereocenters. The molecule has 7 aromatic carbocycles. The summed E-state index contributed by atoms with van der Waals surface area (Å²) in [6, 6.07) is 50.8. The molecule has 8 aromatic rings. The molecule has 0 bridgehead atoms. The van der Waals surface area contributed by atoms with Crippen LogP contribution in [-0.2, 0) is 0 Å². The second-order valence-corrected chi connectivity index (χ2v) is 12.8. The molecule has 0 spiro atoms. The number of imidazole rings is 1. The van der Waals surface area contributed by atoms with Crippen molar-refractivity contribution in [3.05, 3.63) is 158 Å². The first kappa shape index (κ1) is 25.6. The Morgan fingerprint density at radius 2 is 1.11 bits per heavy atom. The third-order valence-electron chi connectivity index (χ3n) is 10.0. The van der Waals surface area contributed by atoms with Gasteiger partial charge in [0.1, 0.15) is 5.82 Å². The van der Waals surface area contributed by atoms with Crippen LogP contribution in [0.5, 0.6) is 0 Å². The highest BCUT2D eigenvalue weighted by Crippen LogP contribution is 2.47. The minimum atomic E-state index is 0.663. The van der Waals surface area contributed by atoms with Gasteiger partial charge in [-0.25, -0.2) is 4.98 Å². The molecule has 2 aliphatic rings. The molecular formula is C44H30N2. The number of nitrogens with zero attached hydrogens (tertiary/aromatic N) is 2. The monoisotopic (exact) mass is 586 g/mol. The Morgan fingerprint density at radius 1 is 0.522 bits per heavy atom. The zero-order valence-electron chi connectivity index (χ0n) is 25.3. The summed E-state index contributed by atoms with van der Waals surface area (Å²) in [5, 5.41) is 7.59. The average molecular weight is 587 g/mol. The van der Waals surface area contributed by atoms with Crippen molar-refractivity contribution in [2.24, 2.45) is 11.8 Å². The number of benzene rings is 7. The topological polar surface area (TPSA) is 17.8 Å². The Morgan fingerprint density at radius 3 is 1.83 bits per heavy atom. The van der Waals surface area contributed by atoms with E-state index in [4.69, 9.17) is 4.98 Å². The van der Waals surface area contributed by atoms with Gasteiger partial charge in [-0.05, 0) is 97.1 Å². The summed E-state index contributed by atoms with van der Waals surface area (Å²) in [7, 11) is 0. The maximum absolute atomic E-state index is 5.15. The molecule has 2 aliphatic carbocycles. The van der Waals surface area contributed by atoms with Crippen LogP contribution < -0.4 is 0 Å². The molecule has 1 heterocycles. The quantitative estimate of drug-likeness (QED) is 0.188. The van der Waals surface area contributed by atoms with E-state index in [1.165, 1.54) is 66.7 Å². The lowest BCUT2D eigenvalue weighted by Crippen LogP contribution is -2.01. The molecule has 1 aromatic heterocycles. The third kappa shape index (κ3) is 3.93. The van der Waals surface area contributed by atoms with Crippen molar-refractivity contribution in [1.82, 2.24) is 9.55 Å². The van der Waals surface area contributed by atoms with Crippen molar-refractivity contribution in [2.45, 2.75) is 6.42 Å². The molecule has 46 heavy (non-hydrogen) atoms. The fourth-order valence-corrected chi connectivity index (χ4v) is 7.66. The lowest BCUT2D eigenvalue weighted by molar-refractivity contribution is 0.963. The Kier molecular flexibility index (Phi) is 5.50. The number of rotatable bonds is 4. The largest absolute Gasteiger partial charge is 0.293 e. The standard InChI is InChI=1S/C44H30N2/c1-2-10-31-25-33(22-17-28(31)9-1)43-38-13-5-3-11-36(38)42(37-12-4-6-14-39(37)43)29-18-20-30(21-19-29)44-45-40-15-7-8-16-41(40)46(44)35-24-23-32-26-34(32)27-35/h1-25,27,32,34H,26H2. The van der Waals surface area contributed by atoms with Crippen molar-refractivity contribution >= 4 is 49.0 Å². The fourth-order valence-electron chi connectivity index (χ4n) is 7.66. The van der Waals surface area contributed by atoms with Crippen LogP contribution in [0, 0.1) is 11.8 Å². The van der Waals surface area contributed by atoms with E-state index in [1.807, 2.05) is 0 Å². The van der Waals surface area contributed by atoms with E-state index >= 15 is 0 Å². The average Bonchev–Trinajstić information content (AvgIpc) is 3.80. The van der Waals surface area contributed by atoms with Crippen molar-refractivity contribution in [3.8, 4) is 33.6 Å². The number of para-hydroxylation sites is 2. The molecule has 1 fully saturated rings. The summed E-state index contributed by atoms with van der Waals surface area (Å²) >= 11 is 0. The first-order valence-corrected chi connectivity index (χ1v) is 16.2. The first-order valence-electron chi connectivity index (χ1n) is 16.2. The molecular weight excluding hydrogens is 556 g/mol. The molecule has 2 atom stereocenters. The van der Waals surface area contributed by atoms with Crippen molar-refractivity contribution in [3.63, 3.8) is 0 Å². The predicted octanol–water partition coefficient (Wildman–Crippen LogP) is 11.5. The van der Waals surface area contributed by atoms with Crippen LogP contribution in [0.15, 0.2) is 158 Å². The summed E-state index contributed by atoms with van der Waals surface area (Å²) in [6.07, 6.45) is 8.36. The second-order valence-electron chi connectivity index (χ2n) is 12.8. The van der Waals surface area contributed by atoms with Gasteiger partial charge in [0, 0.05) is 11.3 Å². The number of allylic oxidation sites excluding steroid dienone is 4. The second kappa shape index (κ2) is 9.89. The zero-order chi connectivity index (χ0) is 30.2. The van der Waals surface area contributed by atoms with Crippen LogP contribution in [0.25, 0.3) is 82.7 Å². The van der Waals surface area contributed by atoms with Crippen LogP contribution in [-0.4, -0.2) is 9.55 Å². The van der Waals surface area contributed by atoms with Crippen molar-refractivity contribution in [1.29, 1.82) is 0 Å². The summed E-state index contributed by atoms with van der Waals surface area (Å²) < 4.78 is 2.35. The fraction of sp³-hybridized carbons (Fsp3) is 0.0682. The number of fused-ring (bicyclic) bond motifs is 5. The van der Waals surface area contributed by atoms with Crippen LogP contribution >= 0.6 is 0 Å². The van der Waals surface area contributed by atoms with Gasteiger partial charge in [0.2, 0.25) is 0 Å². The van der Waals surface area contributed by atoms with E-state index in [0.29, 0.717) is 5.92 Å². The van der Waals surface area contributed by atoms with E-state index in [2.05, 4.69) is 162 Å². The molecule has 0 saturated heterocycles. The van der Waals surface area contributed by atoms with Gasteiger partial charge in [-0.15, -0.1) is 0 Å². The van der Waals surface area contributed by atoms with E-state index in [1.54, 1.807) is 0 Å². The SMILES string of the molecule is C1=CC2CC2C=C1n1c(-c2ccc(-c3c4ccccc4c(-c4ccc5ccccc5c4)c4ccccc34)cc2)nc2ccccc21. The highest BCUT2D eigenvalue weighted by atomic mass is 15.1. The van der Waals surface area contributed by atoms with Crippen LogP contribution in [0.2, 0.25) is 0 Å². The Balaban J connectivity index is 1.16. The molecule has 216 valence electrons. The maximum Gasteiger partial charge on any atom is 0.145 e. The normalized spacial score (nSPS) is 17.1. The van der Waals surface area contributed by atoms with Gasteiger partial charge in [-0.3, -0.25) is 4.57 Å². The van der Waals surface area contributed by atoms with Crippen molar-refractivity contribution in [2.75, 3.05) is 0 Å². The van der Waals surface area contributed by atoms with Crippen molar-refractivity contribution < 1.29 is 0 Å². The predicted molar refractivity (Wildman–Crippen MR) is 194 cm³/mol. The minimum Gasteiger partial charge on any atom is -0.293 e. The van der Waals surface area contributed by atoms with Gasteiger partial charge in [0.05, 0.1) is 11.0 Å².